The number of rotatable bonds is 0. The zero-order valence-corrected chi connectivity index (χ0v) is 29.3. The summed E-state index contributed by atoms with van der Waals surface area (Å²) in [4.78, 5) is 8.66. The van der Waals surface area contributed by atoms with E-state index in [1.165, 1.54) is 41.0 Å². The molecule has 0 saturated carbocycles. The van der Waals surface area contributed by atoms with Gasteiger partial charge in [0.05, 0.1) is 0 Å². The maximum atomic E-state index is 8.66. The molecule has 0 bridgehead atoms. The monoisotopic (exact) mass is 564 g/mol. The molecule has 0 amide bonds. The van der Waals surface area contributed by atoms with E-state index in [4.69, 9.17) is 10.5 Å². The van der Waals surface area contributed by atoms with Gasteiger partial charge in [-0.15, -0.1) is 37.3 Å². The SMILES string of the molecule is CC(C)(C)[NH-].CC1=[C-]C(C)C(C)=C1C.C[Si](C)(C)O.Cl.Cl.[CH2-]C.[CH2]=[Zr].[CH3-].[CH3-].[CH3-].[SiH3]. The summed E-state index contributed by atoms with van der Waals surface area (Å²) < 4.78 is 3.34. The Balaban J connectivity index is -0.0000000204. The quantitative estimate of drug-likeness (QED) is 0.245. The summed E-state index contributed by atoms with van der Waals surface area (Å²) in [5.41, 5.74) is 10.9. The minimum absolute atomic E-state index is 0. The number of hydrogen-bond acceptors (Lipinski definition) is 1. The molecule has 2 N–H and O–H groups in total. The van der Waals surface area contributed by atoms with Crippen LogP contribution in [0.1, 0.15) is 55.4 Å². The van der Waals surface area contributed by atoms with Crippen LogP contribution in [0.3, 0.4) is 0 Å². The Bertz CT molecular complexity index is 341. The van der Waals surface area contributed by atoms with Gasteiger partial charge in [0.2, 0.25) is 0 Å². The van der Waals surface area contributed by atoms with Crippen molar-refractivity contribution in [1.82, 2.24) is 0 Å². The molecule has 1 unspecified atom stereocenters. The van der Waals surface area contributed by atoms with Crippen molar-refractivity contribution < 1.29 is 29.0 Å². The first kappa shape index (κ1) is 63.1. The first-order valence-electron chi connectivity index (χ1n) is 7.94. The molecule has 0 aliphatic heterocycles. The van der Waals surface area contributed by atoms with E-state index >= 15 is 0 Å². The van der Waals surface area contributed by atoms with Crippen molar-refractivity contribution in [3.8, 4) is 0 Å². The molecule has 2 nitrogen and oxygen atoms in total. The fourth-order valence-corrected chi connectivity index (χ4v) is 1.16. The zero-order chi connectivity index (χ0) is 20.0. The second kappa shape index (κ2) is 33.8. The standard InChI is InChI=1S/C9H13.C4H10N.C3H10OSi.C2H5.3CH3.CH2.2ClH.H3Si.Zr/c1-6-5-7(2)9(4)8(6)3;1-4(2,3)5;1-5(2,3)4;1-2;;;;;;;;/h6H,1-4H3;5H,1-3H3;4H,1-3H3;1H2,2H3;3*1H3;1H2;2*1H;1H3;/q2*-1;;4*-1;;;;;. The molecule has 0 fully saturated rings. The van der Waals surface area contributed by atoms with Gasteiger partial charge in [0, 0.05) is 0 Å². The summed E-state index contributed by atoms with van der Waals surface area (Å²) in [5, 5.41) is 0. The molecule has 185 valence electrons. The summed E-state index contributed by atoms with van der Waals surface area (Å²) in [6.45, 7) is 24.9. The third kappa shape index (κ3) is 73.0. The van der Waals surface area contributed by atoms with Crippen LogP contribution in [0, 0.1) is 41.2 Å². The average Bonchev–Trinajstić information content (AvgIpc) is 2.57. The first-order chi connectivity index (χ1) is 10.1. The molecule has 1 radical (unpaired) electrons. The third-order valence-corrected chi connectivity index (χ3v) is 2.24. The van der Waals surface area contributed by atoms with Gasteiger partial charge in [-0.05, 0) is 30.6 Å². The Hall–Kier alpha value is 1.17. The largest absolute Gasteiger partial charge is 0.358 e. The van der Waals surface area contributed by atoms with Crippen molar-refractivity contribution in [2.75, 3.05) is 0 Å². The minimum atomic E-state index is -1.61. The predicted octanol–water partition coefficient (Wildman–Crippen LogP) is 7.19. The van der Waals surface area contributed by atoms with Crippen LogP contribution in [0.5, 0.6) is 0 Å². The molecule has 0 spiro atoms. The van der Waals surface area contributed by atoms with Crippen LogP contribution in [0.15, 0.2) is 16.7 Å². The van der Waals surface area contributed by atoms with E-state index in [0.29, 0.717) is 5.92 Å². The Morgan fingerprint density at radius 1 is 1.00 bits per heavy atom. The van der Waals surface area contributed by atoms with Crippen molar-refractivity contribution in [1.29, 1.82) is 0 Å². The Morgan fingerprint density at radius 2 is 1.17 bits per heavy atom. The van der Waals surface area contributed by atoms with Gasteiger partial charge in [0.15, 0.2) is 8.32 Å². The second-order valence-corrected chi connectivity index (χ2v) is 11.6. The normalized spacial score (nSPS) is 12.9. The fraction of sp³-hybridized carbons (Fsp3) is 0.591. The Kier molecular flexibility index (Phi) is 73.5. The molecular weight excluding hydrogens is 513 g/mol. The molecule has 0 saturated heterocycles. The van der Waals surface area contributed by atoms with Gasteiger partial charge in [-0.3, -0.25) is 6.08 Å². The van der Waals surface area contributed by atoms with Crippen LogP contribution in [0.4, 0.5) is 0 Å². The maximum absolute atomic E-state index is 8.66. The number of allylic oxidation sites excluding steroid dienone is 4. The van der Waals surface area contributed by atoms with E-state index < -0.39 is 8.32 Å². The van der Waals surface area contributed by atoms with Crippen molar-refractivity contribution in [3.63, 3.8) is 0 Å². The molecule has 1 aliphatic rings. The molecule has 1 aliphatic carbocycles. The van der Waals surface area contributed by atoms with Crippen LogP contribution in [-0.4, -0.2) is 33.8 Å². The second-order valence-electron chi connectivity index (χ2n) is 7.22. The average molecular weight is 567 g/mol. The molecule has 0 aromatic carbocycles. The van der Waals surface area contributed by atoms with Crippen LogP contribution in [0.25, 0.3) is 5.73 Å². The number of nitrogens with one attached hydrogen (secondary N) is 1. The van der Waals surface area contributed by atoms with Crippen molar-refractivity contribution in [2.45, 2.75) is 80.6 Å². The van der Waals surface area contributed by atoms with Crippen LogP contribution < -0.4 is 0 Å². The van der Waals surface area contributed by atoms with Crippen LogP contribution in [0.2, 0.25) is 19.6 Å². The smallest absolute Gasteiger partial charge is 0.0125 e. The van der Waals surface area contributed by atoms with E-state index in [9.17, 15) is 0 Å². The summed E-state index contributed by atoms with van der Waals surface area (Å²) in [7, 11) is -1.61. The Morgan fingerprint density at radius 3 is 1.21 bits per heavy atom. The minimum Gasteiger partial charge on any atom is -0.358 e. The molecule has 1 rings (SSSR count). The van der Waals surface area contributed by atoms with E-state index in [1.54, 1.807) is 6.92 Å². The topological polar surface area (TPSA) is 44.0 Å². The first-order valence-corrected chi connectivity index (χ1v) is 13.1. The summed E-state index contributed by atoms with van der Waals surface area (Å²) in [5.74, 6) is 0.560. The molecular formula is C22H54Cl2NOSi2Zr-6. The van der Waals surface area contributed by atoms with Crippen molar-refractivity contribution in [2.24, 2.45) is 5.92 Å². The molecule has 7 heteroatoms. The third-order valence-electron chi connectivity index (χ3n) is 2.24. The predicted molar refractivity (Wildman–Crippen MR) is 151 cm³/mol. The number of halogens is 2. The van der Waals surface area contributed by atoms with Gasteiger partial charge in [0.25, 0.3) is 0 Å². The zero-order valence-electron chi connectivity index (χ0n) is 22.3. The van der Waals surface area contributed by atoms with Crippen molar-refractivity contribution in [3.05, 3.63) is 57.7 Å². The van der Waals surface area contributed by atoms with Crippen molar-refractivity contribution >= 4 is 48.3 Å². The van der Waals surface area contributed by atoms with E-state index in [2.05, 4.69) is 44.9 Å². The Labute approximate surface area is 220 Å². The maximum Gasteiger partial charge on any atom is -0.0125 e. The van der Waals surface area contributed by atoms with E-state index in [0.717, 1.165) is 0 Å². The van der Waals surface area contributed by atoms with Gasteiger partial charge in [-0.2, -0.15) is 18.1 Å². The van der Waals surface area contributed by atoms with E-state index in [1.807, 2.05) is 40.4 Å². The summed E-state index contributed by atoms with van der Waals surface area (Å²) in [6.07, 6.45) is 3.36. The molecule has 0 aromatic heterocycles. The fourth-order valence-electron chi connectivity index (χ4n) is 1.16. The molecule has 1 atom stereocenters. The van der Waals surface area contributed by atoms with E-state index in [-0.39, 0.29) is 63.6 Å². The summed E-state index contributed by atoms with van der Waals surface area (Å²) >= 11 is 1.30. The summed E-state index contributed by atoms with van der Waals surface area (Å²) in [6, 6.07) is 0. The van der Waals surface area contributed by atoms with Crippen LogP contribution >= 0.6 is 24.8 Å². The van der Waals surface area contributed by atoms with Gasteiger partial charge < -0.3 is 39.7 Å². The van der Waals surface area contributed by atoms with Gasteiger partial charge >= 0.3 is 28.4 Å². The van der Waals surface area contributed by atoms with Gasteiger partial charge in [-0.25, -0.2) is 5.57 Å². The van der Waals surface area contributed by atoms with Gasteiger partial charge in [-0.1, -0.05) is 47.5 Å². The molecule has 0 heterocycles. The molecule has 29 heavy (non-hydrogen) atoms. The van der Waals surface area contributed by atoms with Gasteiger partial charge in [0.1, 0.15) is 0 Å². The van der Waals surface area contributed by atoms with Crippen LogP contribution in [-0.2, 0) is 24.2 Å². The number of hydrogen-bond donors (Lipinski definition) is 1. The molecule has 0 aromatic rings.